The molecule has 1 aromatic heterocycles. The first-order chi connectivity index (χ1) is 10.2. The lowest BCUT2D eigenvalue weighted by Crippen LogP contribution is -2.25. The van der Waals surface area contributed by atoms with E-state index < -0.39 is 0 Å². The molecule has 0 spiro atoms. The normalized spacial score (nSPS) is 12.4. The van der Waals surface area contributed by atoms with E-state index in [4.69, 9.17) is 0 Å². The standard InChI is InChI=1S/C18H23FN2/c1-4-14-7-6-10-21-18(14)17(20-5-2)12-15-11-16(19)9-8-13(15)3/h6-11,17,20H,4-5,12H2,1-3H3. The Morgan fingerprint density at radius 1 is 1.19 bits per heavy atom. The lowest BCUT2D eigenvalue weighted by Gasteiger charge is -2.21. The Labute approximate surface area is 126 Å². The van der Waals surface area contributed by atoms with Gasteiger partial charge >= 0.3 is 0 Å². The molecule has 0 fully saturated rings. The first-order valence-electron chi connectivity index (χ1n) is 7.57. The average Bonchev–Trinajstić information content (AvgIpc) is 2.50. The number of rotatable bonds is 6. The molecular weight excluding hydrogens is 263 g/mol. The summed E-state index contributed by atoms with van der Waals surface area (Å²) in [6, 6.07) is 9.19. The van der Waals surface area contributed by atoms with Gasteiger partial charge in [0.15, 0.2) is 0 Å². The van der Waals surface area contributed by atoms with Crippen LogP contribution in [0.4, 0.5) is 4.39 Å². The van der Waals surface area contributed by atoms with Crippen molar-refractivity contribution in [1.29, 1.82) is 0 Å². The predicted molar refractivity (Wildman–Crippen MR) is 84.9 cm³/mol. The fourth-order valence-electron chi connectivity index (χ4n) is 2.66. The summed E-state index contributed by atoms with van der Waals surface area (Å²) in [6.07, 6.45) is 3.53. The molecule has 0 amide bonds. The molecule has 1 atom stereocenters. The Bertz CT molecular complexity index is 596. The van der Waals surface area contributed by atoms with Crippen LogP contribution in [0.2, 0.25) is 0 Å². The molecule has 2 aromatic rings. The molecule has 0 aliphatic rings. The summed E-state index contributed by atoms with van der Waals surface area (Å²) < 4.78 is 13.5. The van der Waals surface area contributed by atoms with Crippen molar-refractivity contribution in [3.05, 3.63) is 64.7 Å². The zero-order valence-corrected chi connectivity index (χ0v) is 13.0. The number of aryl methyl sites for hydroxylation is 2. The SMILES string of the molecule is CCNC(Cc1cc(F)ccc1C)c1ncccc1CC. The smallest absolute Gasteiger partial charge is 0.123 e. The second-order valence-corrected chi connectivity index (χ2v) is 5.29. The highest BCUT2D eigenvalue weighted by Crippen LogP contribution is 2.22. The number of aromatic nitrogens is 1. The quantitative estimate of drug-likeness (QED) is 0.868. The van der Waals surface area contributed by atoms with E-state index >= 15 is 0 Å². The second-order valence-electron chi connectivity index (χ2n) is 5.29. The van der Waals surface area contributed by atoms with Crippen LogP contribution in [0.25, 0.3) is 0 Å². The fraction of sp³-hybridized carbons (Fsp3) is 0.389. The van der Waals surface area contributed by atoms with Crippen LogP contribution in [0.15, 0.2) is 36.5 Å². The van der Waals surface area contributed by atoms with E-state index in [0.717, 1.165) is 36.2 Å². The topological polar surface area (TPSA) is 24.9 Å². The molecule has 1 aromatic carbocycles. The molecule has 0 aliphatic carbocycles. The van der Waals surface area contributed by atoms with Crippen molar-refractivity contribution >= 4 is 0 Å². The molecule has 112 valence electrons. The summed E-state index contributed by atoms with van der Waals surface area (Å²) in [5.41, 5.74) is 4.48. The van der Waals surface area contributed by atoms with Crippen molar-refractivity contribution in [2.45, 2.75) is 39.7 Å². The van der Waals surface area contributed by atoms with Gasteiger partial charge in [-0.1, -0.05) is 26.0 Å². The molecule has 0 saturated heterocycles. The minimum absolute atomic E-state index is 0.117. The Hall–Kier alpha value is -1.74. The Morgan fingerprint density at radius 2 is 2.00 bits per heavy atom. The zero-order chi connectivity index (χ0) is 15.2. The molecule has 0 radical (unpaired) electrons. The monoisotopic (exact) mass is 286 g/mol. The van der Waals surface area contributed by atoms with E-state index in [2.05, 4.69) is 30.2 Å². The lowest BCUT2D eigenvalue weighted by molar-refractivity contribution is 0.528. The van der Waals surface area contributed by atoms with Crippen molar-refractivity contribution in [2.24, 2.45) is 0 Å². The molecule has 2 nitrogen and oxygen atoms in total. The molecule has 0 saturated carbocycles. The summed E-state index contributed by atoms with van der Waals surface area (Å²) in [5, 5.41) is 3.48. The predicted octanol–water partition coefficient (Wildman–Crippen LogP) is 3.98. The molecule has 0 aliphatic heterocycles. The maximum absolute atomic E-state index is 13.5. The summed E-state index contributed by atoms with van der Waals surface area (Å²) in [7, 11) is 0. The van der Waals surface area contributed by atoms with Crippen molar-refractivity contribution in [3.63, 3.8) is 0 Å². The van der Waals surface area contributed by atoms with Gasteiger partial charge in [-0.3, -0.25) is 4.98 Å². The first kappa shape index (κ1) is 15.6. The summed E-state index contributed by atoms with van der Waals surface area (Å²) in [5.74, 6) is -0.178. The van der Waals surface area contributed by atoms with Crippen LogP contribution in [-0.2, 0) is 12.8 Å². The maximum Gasteiger partial charge on any atom is 0.123 e. The van der Waals surface area contributed by atoms with Gasteiger partial charge in [-0.15, -0.1) is 0 Å². The summed E-state index contributed by atoms with van der Waals surface area (Å²) in [4.78, 5) is 4.56. The number of nitrogens with one attached hydrogen (secondary N) is 1. The van der Waals surface area contributed by atoms with Crippen LogP contribution in [-0.4, -0.2) is 11.5 Å². The number of likely N-dealkylation sites (N-methyl/N-ethyl adjacent to an activating group) is 1. The third-order valence-corrected chi connectivity index (χ3v) is 3.82. The molecular formula is C18H23FN2. The molecule has 0 bridgehead atoms. The van der Waals surface area contributed by atoms with Crippen LogP contribution in [0.3, 0.4) is 0 Å². The highest BCUT2D eigenvalue weighted by molar-refractivity contribution is 5.30. The highest BCUT2D eigenvalue weighted by atomic mass is 19.1. The van der Waals surface area contributed by atoms with Crippen molar-refractivity contribution in [1.82, 2.24) is 10.3 Å². The van der Waals surface area contributed by atoms with Gasteiger partial charge in [0.05, 0.1) is 11.7 Å². The van der Waals surface area contributed by atoms with Crippen LogP contribution < -0.4 is 5.32 Å². The Balaban J connectivity index is 2.33. The Kier molecular flexibility index (Phi) is 5.45. The van der Waals surface area contributed by atoms with Crippen LogP contribution in [0.1, 0.15) is 42.3 Å². The Morgan fingerprint density at radius 3 is 2.71 bits per heavy atom. The minimum atomic E-state index is -0.178. The number of hydrogen-bond acceptors (Lipinski definition) is 2. The van der Waals surface area contributed by atoms with Crippen molar-refractivity contribution in [3.8, 4) is 0 Å². The number of pyridine rings is 1. The van der Waals surface area contributed by atoms with E-state index in [1.807, 2.05) is 25.3 Å². The molecule has 1 unspecified atom stereocenters. The van der Waals surface area contributed by atoms with Crippen LogP contribution >= 0.6 is 0 Å². The third kappa shape index (κ3) is 3.88. The van der Waals surface area contributed by atoms with Gasteiger partial charge in [-0.2, -0.15) is 0 Å². The number of hydrogen-bond donors (Lipinski definition) is 1. The molecule has 1 heterocycles. The largest absolute Gasteiger partial charge is 0.309 e. The minimum Gasteiger partial charge on any atom is -0.309 e. The van der Waals surface area contributed by atoms with Gasteiger partial charge in [0.2, 0.25) is 0 Å². The van der Waals surface area contributed by atoms with Crippen LogP contribution in [0.5, 0.6) is 0 Å². The first-order valence-corrected chi connectivity index (χ1v) is 7.57. The number of benzene rings is 1. The van der Waals surface area contributed by atoms with Crippen LogP contribution in [0, 0.1) is 12.7 Å². The number of halogens is 1. The van der Waals surface area contributed by atoms with Crippen molar-refractivity contribution in [2.75, 3.05) is 6.54 Å². The summed E-state index contributed by atoms with van der Waals surface area (Å²) >= 11 is 0. The van der Waals surface area contributed by atoms with E-state index in [9.17, 15) is 4.39 Å². The van der Waals surface area contributed by atoms with Crippen molar-refractivity contribution < 1.29 is 4.39 Å². The summed E-state index contributed by atoms with van der Waals surface area (Å²) in [6.45, 7) is 7.10. The van der Waals surface area contributed by atoms with Gasteiger partial charge in [-0.05, 0) is 61.2 Å². The van der Waals surface area contributed by atoms with E-state index in [1.54, 1.807) is 6.07 Å². The highest BCUT2D eigenvalue weighted by Gasteiger charge is 2.17. The van der Waals surface area contributed by atoms with Gasteiger partial charge in [0.1, 0.15) is 5.82 Å². The van der Waals surface area contributed by atoms with E-state index in [0.29, 0.717) is 0 Å². The molecule has 1 N–H and O–H groups in total. The molecule has 3 heteroatoms. The van der Waals surface area contributed by atoms with Gasteiger partial charge in [0.25, 0.3) is 0 Å². The molecule has 2 rings (SSSR count). The zero-order valence-electron chi connectivity index (χ0n) is 13.0. The van der Waals surface area contributed by atoms with Gasteiger partial charge in [-0.25, -0.2) is 4.39 Å². The fourth-order valence-corrected chi connectivity index (χ4v) is 2.66. The van der Waals surface area contributed by atoms with Gasteiger partial charge in [0, 0.05) is 6.20 Å². The van der Waals surface area contributed by atoms with E-state index in [-0.39, 0.29) is 11.9 Å². The average molecular weight is 286 g/mol. The van der Waals surface area contributed by atoms with E-state index in [1.165, 1.54) is 11.6 Å². The van der Waals surface area contributed by atoms with Gasteiger partial charge < -0.3 is 5.32 Å². The second kappa shape index (κ2) is 7.32. The lowest BCUT2D eigenvalue weighted by atomic mass is 9.95. The number of nitrogens with zero attached hydrogens (tertiary/aromatic N) is 1. The molecule has 21 heavy (non-hydrogen) atoms. The third-order valence-electron chi connectivity index (χ3n) is 3.82. The maximum atomic E-state index is 13.5.